The molecule has 206 valence electrons. The van der Waals surface area contributed by atoms with E-state index < -0.39 is 11.8 Å². The van der Waals surface area contributed by atoms with Crippen molar-refractivity contribution in [3.8, 4) is 11.4 Å². The van der Waals surface area contributed by atoms with Crippen LogP contribution in [0.25, 0.3) is 11.4 Å². The summed E-state index contributed by atoms with van der Waals surface area (Å²) in [5.74, 6) is -1.05. The number of benzene rings is 3. The Bertz CT molecular complexity index is 1590. The smallest absolute Gasteiger partial charge is 0.251 e. The summed E-state index contributed by atoms with van der Waals surface area (Å²) in [5, 5.41) is 22.8. The number of hydrogen-bond donors (Lipinski definition) is 2. The fourth-order valence-electron chi connectivity index (χ4n) is 5.65. The summed E-state index contributed by atoms with van der Waals surface area (Å²) in [6.07, 6.45) is 3.88. The van der Waals surface area contributed by atoms with E-state index in [0.29, 0.717) is 22.8 Å². The lowest BCUT2D eigenvalue weighted by Gasteiger charge is -2.22. The second-order valence-corrected chi connectivity index (χ2v) is 10.4. The van der Waals surface area contributed by atoms with E-state index in [9.17, 15) is 14.4 Å². The van der Waals surface area contributed by atoms with E-state index >= 15 is 0 Å². The number of nitrogens with one attached hydrogen (secondary N) is 2. The SMILES string of the molecule is O=C(CN1N=C(c2ccccc2)c2ccccc2C(CC(=O)C2CCCC2)C1=O)Nc1cccc(-c2nn[nH]n2)c1. The standard InChI is InChI=1S/C31H29N7O3/c39-27(20-9-4-5-10-20)18-26-24-15-6-7-16-25(24)29(21-11-2-1-3-12-21)35-38(31(26)41)19-28(40)32-23-14-8-13-22(17-23)30-33-36-37-34-30/h1-3,6-8,11-17,20,26H,4-5,9-10,18-19H2,(H,32,40)(H,33,34,36,37). The second kappa shape index (κ2) is 11.6. The average molecular weight is 548 g/mol. The van der Waals surface area contributed by atoms with Crippen molar-refractivity contribution in [1.82, 2.24) is 25.6 Å². The number of rotatable bonds is 8. The van der Waals surface area contributed by atoms with Gasteiger partial charge in [-0.15, -0.1) is 10.2 Å². The van der Waals surface area contributed by atoms with Crippen molar-refractivity contribution < 1.29 is 14.4 Å². The van der Waals surface area contributed by atoms with E-state index in [1.54, 1.807) is 24.3 Å². The molecule has 1 aliphatic carbocycles. The van der Waals surface area contributed by atoms with Gasteiger partial charge in [-0.05, 0) is 35.8 Å². The fraction of sp³-hybridized carbons (Fsp3) is 0.258. The Morgan fingerprint density at radius 3 is 2.46 bits per heavy atom. The van der Waals surface area contributed by atoms with Crippen LogP contribution in [-0.4, -0.2) is 55.5 Å². The molecule has 41 heavy (non-hydrogen) atoms. The molecular formula is C31H29N7O3. The van der Waals surface area contributed by atoms with E-state index in [0.717, 1.165) is 42.4 Å². The van der Waals surface area contributed by atoms with Gasteiger partial charge in [0.1, 0.15) is 12.3 Å². The van der Waals surface area contributed by atoms with Crippen LogP contribution < -0.4 is 5.32 Å². The Morgan fingerprint density at radius 2 is 1.68 bits per heavy atom. The van der Waals surface area contributed by atoms with E-state index in [1.165, 1.54) is 5.01 Å². The van der Waals surface area contributed by atoms with Gasteiger partial charge in [-0.1, -0.05) is 79.6 Å². The number of nitrogens with zero attached hydrogens (tertiary/aromatic N) is 5. The number of amides is 2. The molecule has 0 bridgehead atoms. The van der Waals surface area contributed by atoms with Gasteiger partial charge >= 0.3 is 0 Å². The van der Waals surface area contributed by atoms with Crippen LogP contribution >= 0.6 is 0 Å². The van der Waals surface area contributed by atoms with Crippen LogP contribution in [0.15, 0.2) is 84.0 Å². The van der Waals surface area contributed by atoms with E-state index in [4.69, 9.17) is 5.10 Å². The number of H-pyrrole nitrogens is 1. The summed E-state index contributed by atoms with van der Waals surface area (Å²) < 4.78 is 0. The molecular weight excluding hydrogens is 518 g/mol. The topological polar surface area (TPSA) is 133 Å². The summed E-state index contributed by atoms with van der Waals surface area (Å²) in [5.41, 5.74) is 4.12. The van der Waals surface area contributed by atoms with Gasteiger partial charge in [0.05, 0.1) is 11.6 Å². The van der Waals surface area contributed by atoms with Crippen LogP contribution in [0.1, 0.15) is 54.7 Å². The first-order chi connectivity index (χ1) is 20.1. The Morgan fingerprint density at radius 1 is 0.927 bits per heavy atom. The molecule has 10 nitrogen and oxygen atoms in total. The second-order valence-electron chi connectivity index (χ2n) is 10.4. The number of hydrogen-bond acceptors (Lipinski definition) is 7. The fourth-order valence-corrected chi connectivity index (χ4v) is 5.65. The lowest BCUT2D eigenvalue weighted by atomic mass is 9.84. The van der Waals surface area contributed by atoms with E-state index in [-0.39, 0.29) is 30.6 Å². The van der Waals surface area contributed by atoms with Crippen LogP contribution in [-0.2, 0) is 14.4 Å². The molecule has 1 unspecified atom stereocenters. The van der Waals surface area contributed by atoms with Crippen molar-refractivity contribution in [2.45, 2.75) is 38.0 Å². The van der Waals surface area contributed by atoms with Crippen LogP contribution in [0.5, 0.6) is 0 Å². The molecule has 6 rings (SSSR count). The molecule has 1 fully saturated rings. The highest BCUT2D eigenvalue weighted by atomic mass is 16.2. The quantitative estimate of drug-likeness (QED) is 0.337. The highest BCUT2D eigenvalue weighted by molar-refractivity contribution is 6.16. The molecule has 0 radical (unpaired) electrons. The lowest BCUT2D eigenvalue weighted by molar-refractivity contribution is -0.137. The normalized spacial score (nSPS) is 17.1. The molecule has 0 spiro atoms. The maximum Gasteiger partial charge on any atom is 0.251 e. The first kappa shape index (κ1) is 26.2. The third kappa shape index (κ3) is 5.67. The molecule has 1 atom stereocenters. The lowest BCUT2D eigenvalue weighted by Crippen LogP contribution is -2.37. The Hall–Kier alpha value is -4.99. The van der Waals surface area contributed by atoms with E-state index in [2.05, 4.69) is 25.9 Å². The molecule has 1 saturated carbocycles. The van der Waals surface area contributed by atoms with Crippen LogP contribution in [0.3, 0.4) is 0 Å². The minimum atomic E-state index is -0.737. The monoisotopic (exact) mass is 547 g/mol. The summed E-state index contributed by atoms with van der Waals surface area (Å²) in [7, 11) is 0. The van der Waals surface area contributed by atoms with Crippen LogP contribution in [0.4, 0.5) is 5.69 Å². The van der Waals surface area contributed by atoms with Gasteiger partial charge < -0.3 is 5.32 Å². The number of aromatic nitrogens is 4. The van der Waals surface area contributed by atoms with Gasteiger partial charge in [-0.3, -0.25) is 14.4 Å². The molecule has 0 saturated heterocycles. The highest BCUT2D eigenvalue weighted by Crippen LogP contribution is 2.35. The molecule has 3 aromatic carbocycles. The Balaban J connectivity index is 1.32. The minimum Gasteiger partial charge on any atom is -0.324 e. The maximum atomic E-state index is 14.1. The summed E-state index contributed by atoms with van der Waals surface area (Å²) >= 11 is 0. The summed E-state index contributed by atoms with van der Waals surface area (Å²) in [4.78, 5) is 40.7. The number of hydrazone groups is 1. The number of aromatic amines is 1. The number of anilines is 1. The summed E-state index contributed by atoms with van der Waals surface area (Å²) in [6, 6.07) is 24.2. The predicted molar refractivity (Wildman–Crippen MR) is 153 cm³/mol. The van der Waals surface area contributed by atoms with Gasteiger partial charge in [0.25, 0.3) is 5.91 Å². The number of ketones is 1. The average Bonchev–Trinajstić information content (AvgIpc) is 3.72. The zero-order chi connectivity index (χ0) is 28.2. The van der Waals surface area contributed by atoms with Crippen molar-refractivity contribution in [3.05, 3.63) is 95.6 Å². The van der Waals surface area contributed by atoms with Crippen molar-refractivity contribution in [2.75, 3.05) is 11.9 Å². The Labute approximate surface area is 236 Å². The largest absolute Gasteiger partial charge is 0.324 e. The van der Waals surface area contributed by atoms with Crippen molar-refractivity contribution in [1.29, 1.82) is 0 Å². The molecule has 10 heteroatoms. The zero-order valence-electron chi connectivity index (χ0n) is 22.4. The van der Waals surface area contributed by atoms with Crippen LogP contribution in [0, 0.1) is 5.92 Å². The van der Waals surface area contributed by atoms with Gasteiger partial charge in [-0.2, -0.15) is 10.3 Å². The van der Waals surface area contributed by atoms with Crippen molar-refractivity contribution >= 4 is 29.0 Å². The zero-order valence-corrected chi connectivity index (χ0v) is 22.4. The third-order valence-corrected chi connectivity index (χ3v) is 7.67. The number of carbonyl (C=O) groups excluding carboxylic acids is 3. The molecule has 2 N–H and O–H groups in total. The number of tetrazole rings is 1. The maximum absolute atomic E-state index is 14.1. The third-order valence-electron chi connectivity index (χ3n) is 7.67. The first-order valence-corrected chi connectivity index (χ1v) is 13.8. The summed E-state index contributed by atoms with van der Waals surface area (Å²) in [6.45, 7) is -0.316. The van der Waals surface area contributed by atoms with Gasteiger partial charge in [0.2, 0.25) is 11.7 Å². The number of fused-ring (bicyclic) bond motifs is 1. The van der Waals surface area contributed by atoms with Crippen molar-refractivity contribution in [2.24, 2.45) is 11.0 Å². The van der Waals surface area contributed by atoms with Gasteiger partial charge in [0.15, 0.2) is 0 Å². The molecule has 1 aliphatic heterocycles. The minimum absolute atomic E-state index is 0.0176. The predicted octanol–water partition coefficient (Wildman–Crippen LogP) is 4.33. The Kier molecular flexibility index (Phi) is 7.44. The highest BCUT2D eigenvalue weighted by Gasteiger charge is 2.36. The molecule has 2 aliphatic rings. The molecule has 2 amide bonds. The molecule has 1 aromatic heterocycles. The molecule has 4 aromatic rings. The number of Topliss-reactive ketones (excluding diaryl/α,β-unsaturated/α-hetero) is 1. The molecule has 2 heterocycles. The van der Waals surface area contributed by atoms with Gasteiger partial charge in [-0.25, -0.2) is 5.01 Å². The first-order valence-electron chi connectivity index (χ1n) is 13.8. The van der Waals surface area contributed by atoms with Crippen molar-refractivity contribution in [3.63, 3.8) is 0 Å². The van der Waals surface area contributed by atoms with Gasteiger partial charge in [0, 0.05) is 34.7 Å². The van der Waals surface area contributed by atoms with E-state index in [1.807, 2.05) is 54.6 Å². The van der Waals surface area contributed by atoms with Crippen LogP contribution in [0.2, 0.25) is 0 Å². The number of carbonyl (C=O) groups is 3.